The normalized spacial score (nSPS) is 14.3. The second kappa shape index (κ2) is 9.95. The Morgan fingerprint density at radius 3 is 2.17 bits per heavy atom. The Balaban J connectivity index is 2.22. The van der Waals surface area contributed by atoms with Crippen LogP contribution in [-0.2, 0) is 17.5 Å². The van der Waals surface area contributed by atoms with Gasteiger partial charge in [0.15, 0.2) is 0 Å². The van der Waals surface area contributed by atoms with Gasteiger partial charge in [0.05, 0.1) is 18.3 Å². The summed E-state index contributed by atoms with van der Waals surface area (Å²) in [5.74, 6) is 3.04. The fourth-order valence-electron chi connectivity index (χ4n) is 2.73. The summed E-state index contributed by atoms with van der Waals surface area (Å²) in [6.45, 7) is 8.88. The molecule has 0 radical (unpaired) electrons. The van der Waals surface area contributed by atoms with Crippen LogP contribution in [0.15, 0.2) is 66.7 Å². The first-order chi connectivity index (χ1) is 13.6. The van der Waals surface area contributed by atoms with Crippen molar-refractivity contribution in [3.05, 3.63) is 83.4 Å². The van der Waals surface area contributed by atoms with Crippen LogP contribution in [-0.4, -0.2) is 8.07 Å². The van der Waals surface area contributed by atoms with Crippen molar-refractivity contribution in [2.45, 2.75) is 45.5 Å². The van der Waals surface area contributed by atoms with Gasteiger partial charge in [0.25, 0.3) is 0 Å². The number of halogens is 3. The molecule has 2 aromatic rings. The molecule has 5 heteroatoms. The van der Waals surface area contributed by atoms with Crippen molar-refractivity contribution in [1.29, 1.82) is 0 Å². The van der Waals surface area contributed by atoms with Gasteiger partial charge >= 0.3 is 6.18 Å². The molecular formula is C24H27F3OSi. The Morgan fingerprint density at radius 1 is 1.00 bits per heavy atom. The largest absolute Gasteiger partial charge is 0.416 e. The van der Waals surface area contributed by atoms with Crippen LogP contribution in [0.5, 0.6) is 0 Å². The maximum absolute atomic E-state index is 12.9. The monoisotopic (exact) mass is 416 g/mol. The first-order valence-corrected chi connectivity index (χ1v) is 13.1. The molecule has 1 nitrogen and oxygen atoms in total. The summed E-state index contributed by atoms with van der Waals surface area (Å²) >= 11 is 0. The molecule has 2 atom stereocenters. The average Bonchev–Trinajstić information content (AvgIpc) is 2.65. The van der Waals surface area contributed by atoms with E-state index in [1.165, 1.54) is 12.1 Å². The van der Waals surface area contributed by atoms with Crippen molar-refractivity contribution >= 4 is 8.07 Å². The SMILES string of the molecule is C[C@@H](/C=C/C#C[Si](C)(C)C)[C@@H](OCc1ccccc1)c1ccc(C(F)(F)F)cc1. The highest BCUT2D eigenvalue weighted by Gasteiger charge is 2.30. The molecule has 0 bridgehead atoms. The van der Waals surface area contributed by atoms with Crippen LogP contribution in [0.2, 0.25) is 19.6 Å². The Morgan fingerprint density at radius 2 is 1.62 bits per heavy atom. The van der Waals surface area contributed by atoms with Crippen LogP contribution in [0.25, 0.3) is 0 Å². The van der Waals surface area contributed by atoms with E-state index < -0.39 is 19.8 Å². The summed E-state index contributed by atoms with van der Waals surface area (Å²) in [6.07, 6.45) is -0.939. The molecule has 2 aromatic carbocycles. The number of benzene rings is 2. The zero-order chi connectivity index (χ0) is 21.5. The van der Waals surface area contributed by atoms with Gasteiger partial charge in [-0.05, 0) is 29.3 Å². The second-order valence-corrected chi connectivity index (χ2v) is 12.8. The predicted molar refractivity (Wildman–Crippen MR) is 115 cm³/mol. The van der Waals surface area contributed by atoms with E-state index in [0.717, 1.165) is 17.7 Å². The summed E-state index contributed by atoms with van der Waals surface area (Å²) < 4.78 is 44.8. The van der Waals surface area contributed by atoms with Crippen LogP contribution < -0.4 is 0 Å². The number of hydrogen-bond acceptors (Lipinski definition) is 1. The van der Waals surface area contributed by atoms with Gasteiger partial charge in [0.2, 0.25) is 0 Å². The smallest absolute Gasteiger partial charge is 0.368 e. The van der Waals surface area contributed by atoms with E-state index in [9.17, 15) is 13.2 Å². The van der Waals surface area contributed by atoms with E-state index in [-0.39, 0.29) is 12.0 Å². The highest BCUT2D eigenvalue weighted by Crippen LogP contribution is 2.33. The summed E-state index contributed by atoms with van der Waals surface area (Å²) in [5, 5.41) is 0. The quantitative estimate of drug-likeness (QED) is 0.363. The van der Waals surface area contributed by atoms with E-state index in [0.29, 0.717) is 12.2 Å². The van der Waals surface area contributed by atoms with Gasteiger partial charge in [0.1, 0.15) is 8.07 Å². The first-order valence-electron chi connectivity index (χ1n) is 9.58. The van der Waals surface area contributed by atoms with Crippen LogP contribution >= 0.6 is 0 Å². The van der Waals surface area contributed by atoms with Crippen molar-refractivity contribution in [1.82, 2.24) is 0 Å². The number of alkyl halides is 3. The van der Waals surface area contributed by atoms with Crippen molar-refractivity contribution in [3.63, 3.8) is 0 Å². The minimum atomic E-state index is -4.35. The number of ether oxygens (including phenoxy) is 1. The summed E-state index contributed by atoms with van der Waals surface area (Å²) in [7, 11) is -1.45. The third-order valence-corrected chi connectivity index (χ3v) is 5.14. The molecule has 0 aliphatic heterocycles. The molecule has 0 saturated carbocycles. The molecule has 0 heterocycles. The van der Waals surface area contributed by atoms with Crippen molar-refractivity contribution < 1.29 is 17.9 Å². The minimum absolute atomic E-state index is 0.0496. The predicted octanol–water partition coefficient (Wildman–Crippen LogP) is 7.04. The molecule has 29 heavy (non-hydrogen) atoms. The zero-order valence-electron chi connectivity index (χ0n) is 17.3. The third-order valence-electron chi connectivity index (χ3n) is 4.25. The van der Waals surface area contributed by atoms with Gasteiger partial charge in [-0.2, -0.15) is 13.2 Å². The molecule has 0 amide bonds. The van der Waals surface area contributed by atoms with Crippen LogP contribution in [0.3, 0.4) is 0 Å². The lowest BCUT2D eigenvalue weighted by atomic mass is 9.95. The molecule has 2 rings (SSSR count). The fourth-order valence-corrected chi connectivity index (χ4v) is 3.25. The highest BCUT2D eigenvalue weighted by atomic mass is 28.3. The minimum Gasteiger partial charge on any atom is -0.368 e. The molecule has 0 aliphatic carbocycles. The molecule has 0 unspecified atom stereocenters. The molecule has 0 N–H and O–H groups in total. The van der Waals surface area contributed by atoms with Crippen LogP contribution in [0, 0.1) is 17.4 Å². The maximum Gasteiger partial charge on any atom is 0.416 e. The third kappa shape index (κ3) is 7.92. The Labute approximate surface area is 172 Å². The van der Waals surface area contributed by atoms with Gasteiger partial charge < -0.3 is 4.74 Å². The van der Waals surface area contributed by atoms with Gasteiger partial charge in [-0.15, -0.1) is 5.54 Å². The molecule has 0 spiro atoms. The number of rotatable bonds is 6. The molecule has 154 valence electrons. The topological polar surface area (TPSA) is 9.23 Å². The first kappa shape index (κ1) is 23.0. The number of allylic oxidation sites excluding steroid dienone is 1. The molecule has 0 fully saturated rings. The summed E-state index contributed by atoms with van der Waals surface area (Å²) in [6, 6.07) is 14.9. The molecule has 0 aromatic heterocycles. The van der Waals surface area contributed by atoms with Crippen molar-refractivity contribution in [2.75, 3.05) is 0 Å². The van der Waals surface area contributed by atoms with E-state index in [1.54, 1.807) is 0 Å². The Kier molecular flexibility index (Phi) is 7.89. The van der Waals surface area contributed by atoms with Gasteiger partial charge in [-0.25, -0.2) is 0 Å². The van der Waals surface area contributed by atoms with E-state index in [1.807, 2.05) is 49.4 Å². The molecule has 0 aliphatic rings. The van der Waals surface area contributed by atoms with Crippen molar-refractivity contribution in [2.24, 2.45) is 5.92 Å². The van der Waals surface area contributed by atoms with Crippen LogP contribution in [0.1, 0.15) is 29.7 Å². The second-order valence-electron chi connectivity index (χ2n) is 8.07. The van der Waals surface area contributed by atoms with Crippen molar-refractivity contribution in [3.8, 4) is 11.5 Å². The lowest BCUT2D eigenvalue weighted by Crippen LogP contribution is -2.16. The van der Waals surface area contributed by atoms with Crippen LogP contribution in [0.4, 0.5) is 13.2 Å². The Hall–Kier alpha value is -2.29. The van der Waals surface area contributed by atoms with E-state index in [2.05, 4.69) is 31.1 Å². The van der Waals surface area contributed by atoms with Gasteiger partial charge in [0, 0.05) is 5.92 Å². The molecule has 0 saturated heterocycles. The van der Waals surface area contributed by atoms with E-state index in [4.69, 9.17) is 4.74 Å². The summed E-state index contributed by atoms with van der Waals surface area (Å²) in [4.78, 5) is 0. The Bertz CT molecular complexity index is 853. The highest BCUT2D eigenvalue weighted by molar-refractivity contribution is 6.83. The van der Waals surface area contributed by atoms with Gasteiger partial charge in [-0.1, -0.05) is 81.0 Å². The summed E-state index contributed by atoms with van der Waals surface area (Å²) in [5.41, 5.74) is 4.34. The lowest BCUT2D eigenvalue weighted by molar-refractivity contribution is -0.137. The average molecular weight is 417 g/mol. The fraction of sp³-hybridized carbons (Fsp3) is 0.333. The number of hydrogen-bond donors (Lipinski definition) is 0. The van der Waals surface area contributed by atoms with Gasteiger partial charge in [-0.3, -0.25) is 0 Å². The zero-order valence-corrected chi connectivity index (χ0v) is 18.3. The maximum atomic E-state index is 12.9. The standard InChI is InChI=1S/C24H27F3OSi/c1-19(10-8-9-17-29(2,3)4)23(28-18-20-11-6-5-7-12-20)21-13-15-22(16-14-21)24(25,26)27/h5-8,10-16,19,23H,18H2,1-4H3/b10-8+/t19-,23+/m0/s1. The molecular weight excluding hydrogens is 389 g/mol. The van der Waals surface area contributed by atoms with E-state index >= 15 is 0 Å². The lowest BCUT2D eigenvalue weighted by Gasteiger charge is -2.23.